The van der Waals surface area contributed by atoms with Crippen LogP contribution in [0.15, 0.2) is 30.3 Å². The summed E-state index contributed by atoms with van der Waals surface area (Å²) in [6, 6.07) is 7.31. The quantitative estimate of drug-likeness (QED) is 0.0271. The Labute approximate surface area is 501 Å². The third-order valence-corrected chi connectivity index (χ3v) is 12.1. The molecular weight excluding hydrogens is 1140 g/mol. The van der Waals surface area contributed by atoms with Crippen molar-refractivity contribution in [3.8, 4) is 0 Å². The predicted octanol–water partition coefficient (Wildman–Crippen LogP) is 2.39. The summed E-state index contributed by atoms with van der Waals surface area (Å²) in [5, 5.41) is 13.5. The fourth-order valence-electron chi connectivity index (χ4n) is 8.19. The van der Waals surface area contributed by atoms with Crippen LogP contribution in [0.5, 0.6) is 0 Å². The molecule has 5 N–H and O–H groups in total. The van der Waals surface area contributed by atoms with Gasteiger partial charge in [0.05, 0.1) is 32.5 Å². The van der Waals surface area contributed by atoms with Crippen molar-refractivity contribution in [1.82, 2.24) is 26.6 Å². The second-order valence-corrected chi connectivity index (χ2v) is 19.9. The van der Waals surface area contributed by atoms with Crippen LogP contribution in [0.1, 0.15) is 132 Å². The van der Waals surface area contributed by atoms with Gasteiger partial charge in [0.1, 0.15) is 44.2 Å². The van der Waals surface area contributed by atoms with E-state index in [9.17, 15) is 52.7 Å². The first kappa shape index (κ1) is 75.0. The lowest BCUT2D eigenvalue weighted by atomic mass is 9.96. The van der Waals surface area contributed by atoms with E-state index in [4.69, 9.17) is 61.6 Å². The lowest BCUT2D eigenvalue weighted by Crippen LogP contribution is -2.66. The van der Waals surface area contributed by atoms with Gasteiger partial charge in [0.15, 0.2) is 18.5 Å². The molecule has 0 aromatic heterocycles. The highest BCUT2D eigenvalue weighted by Crippen LogP contribution is 2.28. The van der Waals surface area contributed by atoms with E-state index in [0.717, 1.165) is 26.3 Å². The van der Waals surface area contributed by atoms with Gasteiger partial charge < -0.3 is 88.2 Å². The summed E-state index contributed by atoms with van der Waals surface area (Å²) in [6.45, 7) is 11.3. The van der Waals surface area contributed by atoms with Crippen molar-refractivity contribution >= 4 is 65.5 Å². The molecule has 10 unspecified atom stereocenters. The van der Waals surface area contributed by atoms with Crippen LogP contribution in [-0.4, -0.2) is 193 Å². The van der Waals surface area contributed by atoms with Crippen LogP contribution >= 0.6 is 0 Å². The topological polar surface area (TPSA) is 368 Å². The maximum Gasteiger partial charge on any atom is 0.407 e. The lowest BCUT2D eigenvalue weighted by molar-refractivity contribution is -0.277. The molecule has 0 radical (unpaired) electrons. The number of ether oxygens (including phenoxy) is 13. The third kappa shape index (κ3) is 35.4. The van der Waals surface area contributed by atoms with Gasteiger partial charge in [0.25, 0.3) is 0 Å². The van der Waals surface area contributed by atoms with Gasteiger partial charge in [0.2, 0.25) is 36.1 Å². The van der Waals surface area contributed by atoms with Crippen LogP contribution in [0.2, 0.25) is 0 Å². The standard InChI is InChI=1S/C57H89N5O24/c1-36(81-41(6)67)47(34-78-39(4)65)85-56(54(61-38(3)64)84-44(9)70)77-28-20-13-11-18-26-59-50(72)24-30-75-33-46(62-57(73)80-31-45-21-15-14-16-22-45)32-74-29-23-49(71)58-25-17-10-12-19-27-76-55-51(60-37(2)63)53(83-43(8)69)52(82-42(7)68)48(86-55)35-79-40(5)66/h14-16,21-22,36,46-48,51-56H,10-13,17-20,23-35H2,1-9H3,(H,58,71)(H,59,72)(H,60,63)(H,61,64)(H,62,73). The molecule has 0 bridgehead atoms. The van der Waals surface area contributed by atoms with Gasteiger partial charge in [-0.3, -0.25) is 47.9 Å². The second kappa shape index (κ2) is 43.5. The average Bonchev–Trinajstić information content (AvgIpc) is 1.43. The first-order chi connectivity index (χ1) is 40.9. The summed E-state index contributed by atoms with van der Waals surface area (Å²) in [4.78, 5) is 133. The summed E-state index contributed by atoms with van der Waals surface area (Å²) in [6.07, 6.45) is -5.10. The lowest BCUT2D eigenvalue weighted by Gasteiger charge is -2.44. The monoisotopic (exact) mass is 1230 g/mol. The Balaban J connectivity index is 1.80. The highest BCUT2D eigenvalue weighted by atomic mass is 16.7. The molecule has 0 aliphatic carbocycles. The van der Waals surface area contributed by atoms with Gasteiger partial charge >= 0.3 is 41.9 Å². The van der Waals surface area contributed by atoms with Gasteiger partial charge in [-0.25, -0.2) is 4.79 Å². The Bertz CT molecular complexity index is 2240. The van der Waals surface area contributed by atoms with Gasteiger partial charge in [-0.05, 0) is 38.2 Å². The predicted molar refractivity (Wildman–Crippen MR) is 299 cm³/mol. The average molecular weight is 1230 g/mol. The number of rotatable bonds is 43. The Hall–Kier alpha value is -7.05. The van der Waals surface area contributed by atoms with E-state index in [0.29, 0.717) is 64.5 Å². The molecular formula is C57H89N5O24. The molecule has 1 heterocycles. The molecule has 1 fully saturated rings. The molecule has 29 heteroatoms. The van der Waals surface area contributed by atoms with Crippen molar-refractivity contribution in [1.29, 1.82) is 0 Å². The number of amides is 5. The Kier molecular flexibility index (Phi) is 38.0. The van der Waals surface area contributed by atoms with Crippen LogP contribution in [0, 0.1) is 0 Å². The number of carbonyl (C=O) groups excluding carboxylic acids is 11. The van der Waals surface area contributed by atoms with E-state index in [2.05, 4.69) is 26.6 Å². The van der Waals surface area contributed by atoms with Crippen LogP contribution < -0.4 is 26.6 Å². The molecule has 1 aliphatic heterocycles. The third-order valence-electron chi connectivity index (χ3n) is 12.1. The van der Waals surface area contributed by atoms with Crippen LogP contribution in [-0.2, 0) is 116 Å². The van der Waals surface area contributed by atoms with Crippen molar-refractivity contribution < 1.29 is 114 Å². The summed E-state index contributed by atoms with van der Waals surface area (Å²) >= 11 is 0. The van der Waals surface area contributed by atoms with E-state index >= 15 is 0 Å². The summed E-state index contributed by atoms with van der Waals surface area (Å²) in [5.41, 5.74) is 0.778. The van der Waals surface area contributed by atoms with Crippen LogP contribution in [0.3, 0.4) is 0 Å². The van der Waals surface area contributed by atoms with Crippen molar-refractivity contribution in [2.45, 2.75) is 195 Å². The molecule has 86 heavy (non-hydrogen) atoms. The molecule has 10 atom stereocenters. The maximum absolute atomic E-state index is 12.8. The van der Waals surface area contributed by atoms with Crippen molar-refractivity contribution in [2.75, 3.05) is 65.9 Å². The smallest absolute Gasteiger partial charge is 0.407 e. The number of alkyl carbamates (subject to hydrolysis) is 1. The molecule has 29 nitrogen and oxygen atoms in total. The minimum Gasteiger partial charge on any atom is -0.463 e. The largest absolute Gasteiger partial charge is 0.463 e. The van der Waals surface area contributed by atoms with E-state index in [1.807, 2.05) is 18.2 Å². The molecule has 5 amide bonds. The molecule has 1 aromatic rings. The minimum absolute atomic E-state index is 0.0208. The van der Waals surface area contributed by atoms with E-state index < -0.39 is 115 Å². The van der Waals surface area contributed by atoms with Gasteiger partial charge in [-0.15, -0.1) is 0 Å². The van der Waals surface area contributed by atoms with Crippen molar-refractivity contribution in [2.24, 2.45) is 0 Å². The van der Waals surface area contributed by atoms with Crippen LogP contribution in [0.25, 0.3) is 0 Å². The minimum atomic E-state index is -1.39. The summed E-state index contributed by atoms with van der Waals surface area (Å²) in [7, 11) is 0. The number of carbonyl (C=O) groups is 11. The first-order valence-corrected chi connectivity index (χ1v) is 28.6. The molecule has 0 spiro atoms. The fraction of sp³-hybridized carbons (Fsp3) is 0.702. The number of unbranched alkanes of at least 4 members (excludes halogenated alkanes) is 6. The van der Waals surface area contributed by atoms with Gasteiger partial charge in [-0.1, -0.05) is 56.0 Å². The Morgan fingerprint density at radius 3 is 1.65 bits per heavy atom. The number of benzene rings is 1. The maximum atomic E-state index is 12.8. The molecule has 1 aliphatic rings. The summed E-state index contributed by atoms with van der Waals surface area (Å²) in [5.74, 6) is -5.61. The molecule has 1 saturated heterocycles. The first-order valence-electron chi connectivity index (χ1n) is 28.6. The fourth-order valence-corrected chi connectivity index (χ4v) is 8.19. The van der Waals surface area contributed by atoms with Crippen molar-refractivity contribution in [3.63, 3.8) is 0 Å². The van der Waals surface area contributed by atoms with Gasteiger partial charge in [0, 0.05) is 94.5 Å². The van der Waals surface area contributed by atoms with E-state index in [1.54, 1.807) is 12.1 Å². The zero-order chi connectivity index (χ0) is 63.8. The molecule has 2 rings (SSSR count). The number of esters is 6. The zero-order valence-electron chi connectivity index (χ0n) is 50.8. The number of hydrogen-bond donors (Lipinski definition) is 5. The van der Waals surface area contributed by atoms with Crippen LogP contribution in [0.4, 0.5) is 4.79 Å². The normalized spacial score (nSPS) is 18.0. The number of nitrogens with one attached hydrogen (secondary N) is 5. The Morgan fingerprint density at radius 2 is 1.12 bits per heavy atom. The van der Waals surface area contributed by atoms with E-state index in [-0.39, 0.29) is 84.1 Å². The molecule has 0 saturated carbocycles. The van der Waals surface area contributed by atoms with Crippen molar-refractivity contribution in [3.05, 3.63) is 35.9 Å². The highest BCUT2D eigenvalue weighted by molar-refractivity contribution is 5.76. The number of hydrogen-bond acceptors (Lipinski definition) is 24. The Morgan fingerprint density at radius 1 is 0.558 bits per heavy atom. The molecule has 1 aromatic carbocycles. The highest BCUT2D eigenvalue weighted by Gasteiger charge is 2.51. The second-order valence-electron chi connectivity index (χ2n) is 19.9. The van der Waals surface area contributed by atoms with Gasteiger partial charge in [-0.2, -0.15) is 0 Å². The summed E-state index contributed by atoms with van der Waals surface area (Å²) < 4.78 is 72.4. The SMILES string of the molecule is CC(=O)NC(OC(C)=O)C(OCCCCCCNC(=O)CCOCC(COCCC(=O)NCCCCCCOC1OC(COC(C)=O)C(OC(C)=O)C(OC(C)=O)C1NC(C)=O)NC(=O)OCc1ccccc1)OC(COC(C)=O)C(C)OC(C)=O. The zero-order valence-corrected chi connectivity index (χ0v) is 50.8. The molecule has 486 valence electrons. The van der Waals surface area contributed by atoms with E-state index in [1.165, 1.54) is 41.5 Å².